The molecule has 7 nitrogen and oxygen atoms in total. The molecule has 4 rings (SSSR count). The molecule has 7 heteroatoms. The van der Waals surface area contributed by atoms with Crippen LogP contribution in [-0.4, -0.2) is 38.1 Å². The van der Waals surface area contributed by atoms with Crippen LogP contribution >= 0.6 is 0 Å². The maximum atomic E-state index is 5.42. The van der Waals surface area contributed by atoms with Crippen LogP contribution in [0, 0.1) is 0 Å². The van der Waals surface area contributed by atoms with Gasteiger partial charge in [-0.05, 0) is 18.6 Å². The topological polar surface area (TPSA) is 78.9 Å². The van der Waals surface area contributed by atoms with E-state index in [1.165, 1.54) is 6.33 Å². The van der Waals surface area contributed by atoms with Crippen LogP contribution in [0.25, 0.3) is 17.1 Å². The fourth-order valence-corrected chi connectivity index (χ4v) is 2.44. The standard InChI is InChI=1S/C14H13N5O2/c1-2-4-12(19-9-15-8-16-19)11(3-1)14-17-13(18-21-14)10-5-6-20-7-10/h1-4,8-10H,5-7H2/t10-/m1/s1. The van der Waals surface area contributed by atoms with E-state index in [4.69, 9.17) is 9.26 Å². The van der Waals surface area contributed by atoms with Gasteiger partial charge in [0.25, 0.3) is 5.89 Å². The monoisotopic (exact) mass is 283 g/mol. The predicted molar refractivity (Wildman–Crippen MR) is 72.8 cm³/mol. The van der Waals surface area contributed by atoms with Gasteiger partial charge in [0.2, 0.25) is 0 Å². The first-order valence-electron chi connectivity index (χ1n) is 6.77. The van der Waals surface area contributed by atoms with Gasteiger partial charge >= 0.3 is 0 Å². The summed E-state index contributed by atoms with van der Waals surface area (Å²) in [6.45, 7) is 1.41. The molecular weight excluding hydrogens is 270 g/mol. The van der Waals surface area contributed by atoms with Crippen LogP contribution in [0.2, 0.25) is 0 Å². The molecule has 2 aromatic heterocycles. The van der Waals surface area contributed by atoms with Crippen molar-refractivity contribution < 1.29 is 9.26 Å². The van der Waals surface area contributed by atoms with Gasteiger partial charge in [-0.2, -0.15) is 10.1 Å². The summed E-state index contributed by atoms with van der Waals surface area (Å²) in [6, 6.07) is 7.73. The molecule has 1 atom stereocenters. The summed E-state index contributed by atoms with van der Waals surface area (Å²) >= 11 is 0. The Hall–Kier alpha value is -2.54. The molecule has 0 unspecified atom stereocenters. The largest absolute Gasteiger partial charge is 0.381 e. The van der Waals surface area contributed by atoms with Crippen molar-refractivity contribution >= 4 is 0 Å². The molecule has 0 amide bonds. The van der Waals surface area contributed by atoms with Crippen molar-refractivity contribution in [3.63, 3.8) is 0 Å². The number of hydrogen-bond donors (Lipinski definition) is 0. The maximum absolute atomic E-state index is 5.42. The van der Waals surface area contributed by atoms with Crippen LogP contribution in [0.1, 0.15) is 18.2 Å². The summed E-state index contributed by atoms with van der Waals surface area (Å²) < 4.78 is 12.5. The number of para-hydroxylation sites is 1. The lowest BCUT2D eigenvalue weighted by molar-refractivity contribution is 0.192. The molecule has 1 aliphatic heterocycles. The summed E-state index contributed by atoms with van der Waals surface area (Å²) in [4.78, 5) is 8.48. The zero-order chi connectivity index (χ0) is 14.1. The van der Waals surface area contributed by atoms with Crippen LogP contribution in [0.5, 0.6) is 0 Å². The molecular formula is C14H13N5O2. The SMILES string of the molecule is c1ccc(-n2cncn2)c(-c2nc([C@@H]3CCOC3)no2)c1. The molecule has 3 aromatic rings. The van der Waals surface area contributed by atoms with E-state index in [0.717, 1.165) is 24.3 Å². The van der Waals surface area contributed by atoms with Crippen molar-refractivity contribution in [2.75, 3.05) is 13.2 Å². The Morgan fingerprint density at radius 3 is 3.00 bits per heavy atom. The summed E-state index contributed by atoms with van der Waals surface area (Å²) in [7, 11) is 0. The van der Waals surface area contributed by atoms with Gasteiger partial charge in [0.15, 0.2) is 5.82 Å². The van der Waals surface area contributed by atoms with E-state index < -0.39 is 0 Å². The average molecular weight is 283 g/mol. The third-order valence-electron chi connectivity index (χ3n) is 3.54. The summed E-state index contributed by atoms with van der Waals surface area (Å²) in [5.41, 5.74) is 1.69. The van der Waals surface area contributed by atoms with Crippen LogP contribution in [-0.2, 0) is 4.74 Å². The molecule has 3 heterocycles. The van der Waals surface area contributed by atoms with Crippen LogP contribution < -0.4 is 0 Å². The van der Waals surface area contributed by atoms with Gasteiger partial charge in [-0.3, -0.25) is 0 Å². The van der Waals surface area contributed by atoms with Crippen molar-refractivity contribution in [3.8, 4) is 17.1 Å². The highest BCUT2D eigenvalue weighted by Gasteiger charge is 2.24. The lowest BCUT2D eigenvalue weighted by atomic mass is 10.1. The first-order valence-corrected chi connectivity index (χ1v) is 6.77. The predicted octanol–water partition coefficient (Wildman–Crippen LogP) is 1.82. The number of benzene rings is 1. The Kier molecular flexibility index (Phi) is 2.97. The van der Waals surface area contributed by atoms with Gasteiger partial charge in [-0.15, -0.1) is 0 Å². The third kappa shape index (κ3) is 2.21. The van der Waals surface area contributed by atoms with Gasteiger partial charge in [0.05, 0.1) is 17.9 Å². The second-order valence-electron chi connectivity index (χ2n) is 4.88. The minimum Gasteiger partial charge on any atom is -0.381 e. The van der Waals surface area contributed by atoms with Crippen molar-refractivity contribution in [2.24, 2.45) is 0 Å². The number of ether oxygens (including phenoxy) is 1. The Labute approximate surface area is 120 Å². The zero-order valence-corrected chi connectivity index (χ0v) is 11.2. The summed E-state index contributed by atoms with van der Waals surface area (Å²) in [5, 5.41) is 8.24. The average Bonchev–Trinajstić information content (AvgIpc) is 3.27. The van der Waals surface area contributed by atoms with Crippen molar-refractivity contribution in [1.82, 2.24) is 24.9 Å². The number of aromatic nitrogens is 5. The number of rotatable bonds is 3. The normalized spacial score (nSPS) is 18.2. The van der Waals surface area contributed by atoms with E-state index in [0.29, 0.717) is 18.3 Å². The van der Waals surface area contributed by atoms with Crippen LogP contribution in [0.3, 0.4) is 0 Å². The van der Waals surface area contributed by atoms with Gasteiger partial charge in [-0.1, -0.05) is 17.3 Å². The Morgan fingerprint density at radius 1 is 1.24 bits per heavy atom. The third-order valence-corrected chi connectivity index (χ3v) is 3.54. The van der Waals surface area contributed by atoms with Crippen molar-refractivity contribution in [3.05, 3.63) is 42.7 Å². The van der Waals surface area contributed by atoms with E-state index in [9.17, 15) is 0 Å². The minimum absolute atomic E-state index is 0.223. The van der Waals surface area contributed by atoms with Gasteiger partial charge in [0.1, 0.15) is 12.7 Å². The Bertz CT molecular complexity index is 731. The van der Waals surface area contributed by atoms with Gasteiger partial charge in [-0.25, -0.2) is 9.67 Å². The van der Waals surface area contributed by atoms with Crippen molar-refractivity contribution in [2.45, 2.75) is 12.3 Å². The summed E-state index contributed by atoms with van der Waals surface area (Å²) in [5.74, 6) is 1.42. The van der Waals surface area contributed by atoms with Gasteiger partial charge in [0, 0.05) is 12.5 Å². The number of nitrogens with zero attached hydrogens (tertiary/aromatic N) is 5. The fraction of sp³-hybridized carbons (Fsp3) is 0.286. The van der Waals surface area contributed by atoms with E-state index >= 15 is 0 Å². The highest BCUT2D eigenvalue weighted by atomic mass is 16.5. The molecule has 0 bridgehead atoms. The molecule has 1 aromatic carbocycles. The molecule has 1 fully saturated rings. The summed E-state index contributed by atoms with van der Waals surface area (Å²) in [6.07, 6.45) is 4.07. The molecule has 1 aliphatic rings. The zero-order valence-electron chi connectivity index (χ0n) is 11.2. The molecule has 21 heavy (non-hydrogen) atoms. The molecule has 0 saturated carbocycles. The molecule has 0 spiro atoms. The number of hydrogen-bond acceptors (Lipinski definition) is 6. The quantitative estimate of drug-likeness (QED) is 0.729. The maximum Gasteiger partial charge on any atom is 0.260 e. The molecule has 0 N–H and O–H groups in total. The van der Waals surface area contributed by atoms with Crippen molar-refractivity contribution in [1.29, 1.82) is 0 Å². The van der Waals surface area contributed by atoms with E-state index in [-0.39, 0.29) is 5.92 Å². The van der Waals surface area contributed by atoms with Crippen LogP contribution in [0.15, 0.2) is 41.4 Å². The van der Waals surface area contributed by atoms with Crippen LogP contribution in [0.4, 0.5) is 0 Å². The van der Waals surface area contributed by atoms with E-state index in [2.05, 4.69) is 20.2 Å². The first kappa shape index (κ1) is 12.2. The Balaban J connectivity index is 1.74. The molecule has 0 aliphatic carbocycles. The van der Waals surface area contributed by atoms with E-state index in [1.807, 2.05) is 24.3 Å². The fourth-order valence-electron chi connectivity index (χ4n) is 2.44. The lowest BCUT2D eigenvalue weighted by Gasteiger charge is -2.04. The second-order valence-corrected chi connectivity index (χ2v) is 4.88. The highest BCUT2D eigenvalue weighted by molar-refractivity contribution is 5.65. The van der Waals surface area contributed by atoms with E-state index in [1.54, 1.807) is 11.0 Å². The second kappa shape index (κ2) is 5.10. The van der Waals surface area contributed by atoms with Gasteiger partial charge < -0.3 is 9.26 Å². The minimum atomic E-state index is 0.223. The Morgan fingerprint density at radius 2 is 2.19 bits per heavy atom. The highest BCUT2D eigenvalue weighted by Crippen LogP contribution is 2.28. The molecule has 1 saturated heterocycles. The lowest BCUT2D eigenvalue weighted by Crippen LogP contribution is -2.00. The molecule has 106 valence electrons. The first-order chi connectivity index (χ1) is 10.4. The smallest absolute Gasteiger partial charge is 0.260 e. The molecule has 0 radical (unpaired) electrons.